The molecule has 3 N–H and O–H groups in total. The Balaban J connectivity index is 1.96. The molecular formula is C18H23ClN2O2. The molecule has 0 radical (unpaired) electrons. The van der Waals surface area contributed by atoms with Gasteiger partial charge in [0.05, 0.1) is 14.2 Å². The van der Waals surface area contributed by atoms with Crippen LogP contribution in [0.5, 0.6) is 11.5 Å². The minimum atomic E-state index is 0.198. The van der Waals surface area contributed by atoms with Gasteiger partial charge >= 0.3 is 0 Å². The van der Waals surface area contributed by atoms with Gasteiger partial charge in [0.15, 0.2) is 11.5 Å². The van der Waals surface area contributed by atoms with Crippen LogP contribution < -0.4 is 20.5 Å². The average molecular weight is 335 g/mol. The van der Waals surface area contributed by atoms with Gasteiger partial charge in [0, 0.05) is 24.2 Å². The second kappa shape index (κ2) is 8.77. The highest BCUT2D eigenvalue weighted by molar-refractivity contribution is 6.30. The van der Waals surface area contributed by atoms with Crippen LogP contribution in [-0.2, 0) is 13.0 Å². The Morgan fingerprint density at radius 1 is 1.00 bits per heavy atom. The summed E-state index contributed by atoms with van der Waals surface area (Å²) in [6, 6.07) is 14.0. The van der Waals surface area contributed by atoms with E-state index in [2.05, 4.69) is 5.32 Å². The molecule has 5 heteroatoms. The number of nitrogens with one attached hydrogen (secondary N) is 1. The number of methoxy groups -OCH3 is 2. The fourth-order valence-electron chi connectivity index (χ4n) is 2.40. The van der Waals surface area contributed by atoms with Crippen LogP contribution in [0.3, 0.4) is 0 Å². The highest BCUT2D eigenvalue weighted by Crippen LogP contribution is 2.27. The molecule has 0 saturated carbocycles. The van der Waals surface area contributed by atoms with Crippen molar-refractivity contribution in [2.45, 2.75) is 19.0 Å². The summed E-state index contributed by atoms with van der Waals surface area (Å²) in [6.07, 6.45) is 0.862. The molecule has 2 aromatic carbocycles. The van der Waals surface area contributed by atoms with Crippen LogP contribution in [0.15, 0.2) is 42.5 Å². The first kappa shape index (κ1) is 17.6. The fraction of sp³-hybridized carbons (Fsp3) is 0.333. The summed E-state index contributed by atoms with van der Waals surface area (Å²) in [5.74, 6) is 1.46. The Morgan fingerprint density at radius 2 is 1.65 bits per heavy atom. The highest BCUT2D eigenvalue weighted by Gasteiger charge is 2.09. The minimum absolute atomic E-state index is 0.198. The average Bonchev–Trinajstić information content (AvgIpc) is 2.59. The molecule has 1 unspecified atom stereocenters. The molecule has 0 aliphatic rings. The van der Waals surface area contributed by atoms with Gasteiger partial charge < -0.3 is 20.5 Å². The highest BCUT2D eigenvalue weighted by atomic mass is 35.5. The van der Waals surface area contributed by atoms with Crippen LogP contribution in [0.1, 0.15) is 11.1 Å². The fourth-order valence-corrected chi connectivity index (χ4v) is 2.52. The third-order valence-corrected chi connectivity index (χ3v) is 3.97. The summed E-state index contributed by atoms with van der Waals surface area (Å²) in [4.78, 5) is 0. The molecule has 0 bridgehead atoms. The molecule has 1 atom stereocenters. The van der Waals surface area contributed by atoms with Crippen LogP contribution in [0, 0.1) is 0 Å². The van der Waals surface area contributed by atoms with Gasteiger partial charge in [0.2, 0.25) is 0 Å². The second-order valence-corrected chi connectivity index (χ2v) is 5.77. The van der Waals surface area contributed by atoms with Crippen LogP contribution in [-0.4, -0.2) is 26.8 Å². The summed E-state index contributed by atoms with van der Waals surface area (Å²) in [6.45, 7) is 1.28. The standard InChI is InChI=1S/C18H23ClN2O2/c1-22-17-8-5-14(10-18(17)23-2)12-21-16(11-20)9-13-3-6-15(19)7-4-13/h3-8,10,16,21H,9,11-12,20H2,1-2H3. The molecule has 2 aromatic rings. The molecule has 4 nitrogen and oxygen atoms in total. The van der Waals surface area contributed by atoms with E-state index in [1.807, 2.05) is 42.5 Å². The third kappa shape index (κ3) is 5.13. The van der Waals surface area contributed by atoms with Gasteiger partial charge in [-0.05, 0) is 41.8 Å². The maximum Gasteiger partial charge on any atom is 0.161 e. The first-order valence-corrected chi connectivity index (χ1v) is 7.93. The maximum atomic E-state index is 5.91. The molecule has 124 valence electrons. The Bertz CT molecular complexity index is 617. The van der Waals surface area contributed by atoms with Gasteiger partial charge in [0.25, 0.3) is 0 Å². The van der Waals surface area contributed by atoms with E-state index in [-0.39, 0.29) is 6.04 Å². The molecule has 23 heavy (non-hydrogen) atoms. The number of ether oxygens (including phenoxy) is 2. The molecule has 0 amide bonds. The van der Waals surface area contributed by atoms with E-state index in [0.29, 0.717) is 6.54 Å². The zero-order chi connectivity index (χ0) is 16.7. The van der Waals surface area contributed by atoms with Crippen molar-refractivity contribution in [3.05, 3.63) is 58.6 Å². The van der Waals surface area contributed by atoms with Crippen molar-refractivity contribution in [1.29, 1.82) is 0 Å². The van der Waals surface area contributed by atoms with E-state index < -0.39 is 0 Å². The Kier molecular flexibility index (Phi) is 6.71. The summed E-state index contributed by atoms with van der Waals surface area (Å²) in [7, 11) is 3.27. The molecule has 0 aliphatic carbocycles. The lowest BCUT2D eigenvalue weighted by Gasteiger charge is -2.18. The first-order chi connectivity index (χ1) is 11.2. The molecular weight excluding hydrogens is 312 g/mol. The molecule has 0 spiro atoms. The van der Waals surface area contributed by atoms with Crippen molar-refractivity contribution in [3.8, 4) is 11.5 Å². The zero-order valence-electron chi connectivity index (χ0n) is 13.5. The topological polar surface area (TPSA) is 56.5 Å². The molecule has 0 heterocycles. The maximum absolute atomic E-state index is 5.91. The smallest absolute Gasteiger partial charge is 0.161 e. The zero-order valence-corrected chi connectivity index (χ0v) is 14.3. The number of nitrogens with two attached hydrogens (primary N) is 1. The van der Waals surface area contributed by atoms with E-state index in [4.69, 9.17) is 26.8 Å². The van der Waals surface area contributed by atoms with Gasteiger partial charge in [-0.15, -0.1) is 0 Å². The lowest BCUT2D eigenvalue weighted by molar-refractivity contribution is 0.354. The normalized spacial score (nSPS) is 12.0. The van der Waals surface area contributed by atoms with Crippen LogP contribution in [0.2, 0.25) is 5.02 Å². The van der Waals surface area contributed by atoms with E-state index in [9.17, 15) is 0 Å². The predicted octanol–water partition coefficient (Wildman–Crippen LogP) is 3.02. The number of rotatable bonds is 8. The monoisotopic (exact) mass is 334 g/mol. The molecule has 0 fully saturated rings. The van der Waals surface area contributed by atoms with Crippen molar-refractivity contribution >= 4 is 11.6 Å². The summed E-state index contributed by atoms with van der Waals surface area (Å²) >= 11 is 5.91. The molecule has 2 rings (SSSR count). The van der Waals surface area contributed by atoms with Gasteiger partial charge in [-0.1, -0.05) is 29.8 Å². The predicted molar refractivity (Wildman–Crippen MR) is 94.4 cm³/mol. The summed E-state index contributed by atoms with van der Waals surface area (Å²) < 4.78 is 10.6. The van der Waals surface area contributed by atoms with E-state index in [1.165, 1.54) is 5.56 Å². The van der Waals surface area contributed by atoms with E-state index in [1.54, 1.807) is 14.2 Å². The van der Waals surface area contributed by atoms with Crippen molar-refractivity contribution in [2.24, 2.45) is 5.73 Å². The number of hydrogen-bond donors (Lipinski definition) is 2. The molecule has 0 saturated heterocycles. The van der Waals surface area contributed by atoms with Gasteiger partial charge in [-0.3, -0.25) is 0 Å². The van der Waals surface area contributed by atoms with E-state index in [0.717, 1.165) is 35.1 Å². The minimum Gasteiger partial charge on any atom is -0.493 e. The van der Waals surface area contributed by atoms with Crippen molar-refractivity contribution in [2.75, 3.05) is 20.8 Å². The van der Waals surface area contributed by atoms with Crippen molar-refractivity contribution in [3.63, 3.8) is 0 Å². The van der Waals surface area contributed by atoms with E-state index >= 15 is 0 Å². The Hall–Kier alpha value is -1.75. The van der Waals surface area contributed by atoms with Crippen LogP contribution >= 0.6 is 11.6 Å². The van der Waals surface area contributed by atoms with Crippen LogP contribution in [0.25, 0.3) is 0 Å². The lowest BCUT2D eigenvalue weighted by atomic mass is 10.1. The molecule has 0 aromatic heterocycles. The Labute approximate surface area is 142 Å². The van der Waals surface area contributed by atoms with Crippen molar-refractivity contribution < 1.29 is 9.47 Å². The van der Waals surface area contributed by atoms with Crippen LogP contribution in [0.4, 0.5) is 0 Å². The summed E-state index contributed by atoms with van der Waals surface area (Å²) in [5, 5.41) is 4.23. The van der Waals surface area contributed by atoms with Gasteiger partial charge in [-0.2, -0.15) is 0 Å². The number of hydrogen-bond acceptors (Lipinski definition) is 4. The largest absolute Gasteiger partial charge is 0.493 e. The first-order valence-electron chi connectivity index (χ1n) is 7.55. The quantitative estimate of drug-likeness (QED) is 0.779. The SMILES string of the molecule is COc1ccc(CNC(CN)Cc2ccc(Cl)cc2)cc1OC. The lowest BCUT2D eigenvalue weighted by Crippen LogP contribution is -2.37. The summed E-state index contributed by atoms with van der Waals surface area (Å²) in [5.41, 5.74) is 8.22. The van der Waals surface area contributed by atoms with Gasteiger partial charge in [0.1, 0.15) is 0 Å². The number of benzene rings is 2. The number of halogens is 1. The van der Waals surface area contributed by atoms with Crippen molar-refractivity contribution in [1.82, 2.24) is 5.32 Å². The second-order valence-electron chi connectivity index (χ2n) is 5.33. The Morgan fingerprint density at radius 3 is 2.26 bits per heavy atom. The molecule has 0 aliphatic heterocycles. The third-order valence-electron chi connectivity index (χ3n) is 3.72. The van der Waals surface area contributed by atoms with Gasteiger partial charge in [-0.25, -0.2) is 0 Å².